The Hall–Kier alpha value is -0.870. The molecule has 1 aliphatic heterocycles. The predicted octanol–water partition coefficient (Wildman–Crippen LogP) is 0.980. The monoisotopic (exact) mass is 210 g/mol. The first-order valence-electron chi connectivity index (χ1n) is 4.77. The van der Waals surface area contributed by atoms with Crippen molar-refractivity contribution in [1.29, 1.82) is 0 Å². The number of rotatable bonds is 2. The van der Waals surface area contributed by atoms with E-state index in [0.29, 0.717) is 0 Å². The molecule has 1 aromatic rings. The van der Waals surface area contributed by atoms with E-state index in [-0.39, 0.29) is 11.9 Å². The van der Waals surface area contributed by atoms with Crippen LogP contribution in [0.2, 0.25) is 0 Å². The number of fused-ring (bicyclic) bond motifs is 1. The summed E-state index contributed by atoms with van der Waals surface area (Å²) in [5, 5.41) is 2.11. The molecule has 2 rings (SSSR count). The number of nitrogens with two attached hydrogens (primary N) is 1. The molecule has 0 spiro atoms. The Morgan fingerprint density at radius 3 is 3.21 bits per heavy atom. The Morgan fingerprint density at radius 2 is 2.50 bits per heavy atom. The van der Waals surface area contributed by atoms with Crippen LogP contribution in [0.1, 0.15) is 17.4 Å². The molecule has 2 heterocycles. The summed E-state index contributed by atoms with van der Waals surface area (Å²) in [6.45, 7) is 3.68. The van der Waals surface area contributed by atoms with Crippen LogP contribution in [0.4, 0.5) is 0 Å². The molecule has 4 heteroatoms. The number of hydrogen-bond acceptors (Lipinski definition) is 3. The van der Waals surface area contributed by atoms with Gasteiger partial charge in [0.05, 0.1) is 6.04 Å². The van der Waals surface area contributed by atoms with Gasteiger partial charge in [-0.3, -0.25) is 9.69 Å². The topological polar surface area (TPSA) is 46.3 Å². The fraction of sp³-hybridized carbons (Fsp3) is 0.500. The van der Waals surface area contributed by atoms with E-state index in [1.807, 2.05) is 6.92 Å². The number of carbonyl (C=O) groups excluding carboxylic acids is 1. The molecule has 0 saturated heterocycles. The molecule has 0 bridgehead atoms. The van der Waals surface area contributed by atoms with Gasteiger partial charge in [-0.15, -0.1) is 11.3 Å². The molecule has 1 unspecified atom stereocenters. The van der Waals surface area contributed by atoms with E-state index < -0.39 is 0 Å². The summed E-state index contributed by atoms with van der Waals surface area (Å²) in [6, 6.07) is 1.99. The summed E-state index contributed by atoms with van der Waals surface area (Å²) in [7, 11) is 0. The molecule has 2 N–H and O–H groups in total. The van der Waals surface area contributed by atoms with Gasteiger partial charge in [0.1, 0.15) is 0 Å². The molecule has 1 aliphatic rings. The number of amides is 1. The molecule has 3 nitrogen and oxygen atoms in total. The van der Waals surface area contributed by atoms with Crippen molar-refractivity contribution in [2.24, 2.45) is 5.73 Å². The van der Waals surface area contributed by atoms with E-state index >= 15 is 0 Å². The molecule has 1 amide bonds. The molecule has 1 aromatic heterocycles. The van der Waals surface area contributed by atoms with Crippen LogP contribution < -0.4 is 5.73 Å². The van der Waals surface area contributed by atoms with Crippen LogP contribution in [0.5, 0.6) is 0 Å². The number of carbonyl (C=O) groups is 1. The number of hydrogen-bond donors (Lipinski definition) is 1. The minimum absolute atomic E-state index is 0.150. The van der Waals surface area contributed by atoms with E-state index in [1.54, 1.807) is 11.3 Å². The minimum atomic E-state index is -0.233. The normalized spacial score (nSPS) is 18.9. The zero-order valence-corrected chi connectivity index (χ0v) is 9.01. The van der Waals surface area contributed by atoms with Crippen molar-refractivity contribution >= 4 is 17.2 Å². The van der Waals surface area contributed by atoms with Gasteiger partial charge in [-0.25, -0.2) is 0 Å². The van der Waals surface area contributed by atoms with Crippen molar-refractivity contribution in [2.45, 2.75) is 25.9 Å². The van der Waals surface area contributed by atoms with E-state index in [0.717, 1.165) is 19.5 Å². The molecule has 0 saturated carbocycles. The Labute approximate surface area is 87.5 Å². The van der Waals surface area contributed by atoms with Crippen LogP contribution in [0.15, 0.2) is 11.4 Å². The van der Waals surface area contributed by atoms with Gasteiger partial charge in [0.25, 0.3) is 0 Å². The van der Waals surface area contributed by atoms with E-state index in [4.69, 9.17) is 5.73 Å². The van der Waals surface area contributed by atoms with Crippen LogP contribution in [0.25, 0.3) is 0 Å². The lowest BCUT2D eigenvalue weighted by Crippen LogP contribution is -2.44. The zero-order valence-electron chi connectivity index (χ0n) is 8.19. The zero-order chi connectivity index (χ0) is 10.1. The summed E-state index contributed by atoms with van der Waals surface area (Å²) in [6.07, 6.45) is 1.05. The number of nitrogens with zero attached hydrogens (tertiary/aromatic N) is 1. The van der Waals surface area contributed by atoms with Crippen molar-refractivity contribution in [1.82, 2.24) is 4.90 Å². The third-order valence-electron chi connectivity index (χ3n) is 2.80. The molecule has 0 aromatic carbocycles. The van der Waals surface area contributed by atoms with E-state index in [2.05, 4.69) is 16.3 Å². The summed E-state index contributed by atoms with van der Waals surface area (Å²) in [5.41, 5.74) is 6.64. The predicted molar refractivity (Wildman–Crippen MR) is 57.1 cm³/mol. The van der Waals surface area contributed by atoms with Gasteiger partial charge in [0.15, 0.2) is 0 Å². The standard InChI is InChI=1S/C10H14N2OS/c1-7(10(11)13)12-4-2-9-8(6-12)3-5-14-9/h3,5,7H,2,4,6H2,1H3,(H2,11,13). The quantitative estimate of drug-likeness (QED) is 0.791. The molecule has 0 fully saturated rings. The van der Waals surface area contributed by atoms with Crippen LogP contribution in [-0.2, 0) is 17.8 Å². The first-order valence-corrected chi connectivity index (χ1v) is 5.65. The Bertz CT molecular complexity index is 348. The second-order valence-electron chi connectivity index (χ2n) is 3.67. The fourth-order valence-electron chi connectivity index (χ4n) is 1.78. The van der Waals surface area contributed by atoms with Gasteiger partial charge in [-0.05, 0) is 30.4 Å². The van der Waals surface area contributed by atoms with Crippen molar-refractivity contribution in [3.8, 4) is 0 Å². The molecule has 1 atom stereocenters. The first-order chi connectivity index (χ1) is 6.68. The van der Waals surface area contributed by atoms with E-state index in [9.17, 15) is 4.79 Å². The van der Waals surface area contributed by atoms with Crippen molar-refractivity contribution in [3.05, 3.63) is 21.9 Å². The molecular weight excluding hydrogens is 196 g/mol. The lowest BCUT2D eigenvalue weighted by Gasteiger charge is -2.30. The van der Waals surface area contributed by atoms with Crippen LogP contribution in [0.3, 0.4) is 0 Å². The summed E-state index contributed by atoms with van der Waals surface area (Å²) < 4.78 is 0. The third-order valence-corrected chi connectivity index (χ3v) is 3.82. The second-order valence-corrected chi connectivity index (χ2v) is 4.67. The van der Waals surface area contributed by atoms with E-state index in [1.165, 1.54) is 10.4 Å². The van der Waals surface area contributed by atoms with Crippen LogP contribution in [0, 0.1) is 0 Å². The van der Waals surface area contributed by atoms with Gasteiger partial charge in [0.2, 0.25) is 5.91 Å². The molecule has 76 valence electrons. The van der Waals surface area contributed by atoms with Gasteiger partial charge >= 0.3 is 0 Å². The number of primary amides is 1. The Kier molecular flexibility index (Phi) is 2.56. The maximum absolute atomic E-state index is 11.0. The maximum atomic E-state index is 11.0. The summed E-state index contributed by atoms with van der Waals surface area (Å²) in [5.74, 6) is -0.233. The maximum Gasteiger partial charge on any atom is 0.234 e. The number of thiophene rings is 1. The third kappa shape index (κ3) is 1.67. The lowest BCUT2D eigenvalue weighted by atomic mass is 10.1. The SMILES string of the molecule is CC(C(N)=O)N1CCc2sccc2C1. The molecular formula is C10H14N2OS. The highest BCUT2D eigenvalue weighted by Gasteiger charge is 2.23. The average molecular weight is 210 g/mol. The smallest absolute Gasteiger partial charge is 0.234 e. The lowest BCUT2D eigenvalue weighted by molar-refractivity contribution is -0.123. The largest absolute Gasteiger partial charge is 0.368 e. The first kappa shape index (κ1) is 9.68. The van der Waals surface area contributed by atoms with Crippen molar-refractivity contribution in [2.75, 3.05) is 6.54 Å². The van der Waals surface area contributed by atoms with Crippen molar-refractivity contribution in [3.63, 3.8) is 0 Å². The summed E-state index contributed by atoms with van der Waals surface area (Å²) >= 11 is 1.80. The molecule has 0 aliphatic carbocycles. The van der Waals surface area contributed by atoms with Crippen LogP contribution in [-0.4, -0.2) is 23.4 Å². The highest BCUT2D eigenvalue weighted by molar-refractivity contribution is 7.10. The van der Waals surface area contributed by atoms with Crippen LogP contribution >= 0.6 is 11.3 Å². The summed E-state index contributed by atoms with van der Waals surface area (Å²) in [4.78, 5) is 14.6. The Balaban J connectivity index is 2.11. The highest BCUT2D eigenvalue weighted by atomic mass is 32.1. The second kappa shape index (κ2) is 3.71. The van der Waals surface area contributed by atoms with Gasteiger partial charge in [-0.1, -0.05) is 0 Å². The van der Waals surface area contributed by atoms with Gasteiger partial charge < -0.3 is 5.73 Å². The highest BCUT2D eigenvalue weighted by Crippen LogP contribution is 2.24. The Morgan fingerprint density at radius 1 is 1.71 bits per heavy atom. The van der Waals surface area contributed by atoms with Crippen molar-refractivity contribution < 1.29 is 4.79 Å². The minimum Gasteiger partial charge on any atom is -0.368 e. The average Bonchev–Trinajstić information content (AvgIpc) is 2.62. The molecule has 14 heavy (non-hydrogen) atoms. The molecule has 0 radical (unpaired) electrons. The van der Waals surface area contributed by atoms with Gasteiger partial charge in [0, 0.05) is 18.0 Å². The fourth-order valence-corrected chi connectivity index (χ4v) is 2.67. The van der Waals surface area contributed by atoms with Gasteiger partial charge in [-0.2, -0.15) is 0 Å².